The van der Waals surface area contributed by atoms with Crippen molar-refractivity contribution in [1.82, 2.24) is 4.90 Å². The zero-order valence-electron chi connectivity index (χ0n) is 10.9. The van der Waals surface area contributed by atoms with Gasteiger partial charge in [-0.15, -0.1) is 0 Å². The van der Waals surface area contributed by atoms with Crippen molar-refractivity contribution in [3.05, 3.63) is 35.4 Å². The zero-order chi connectivity index (χ0) is 13.9. The number of hydrogen-bond acceptors (Lipinski definition) is 1. The summed E-state index contributed by atoms with van der Waals surface area (Å²) in [6, 6.07) is 5.25. The molecule has 0 aliphatic rings. The molecule has 0 aromatic heterocycles. The van der Waals surface area contributed by atoms with Crippen molar-refractivity contribution >= 4 is 5.84 Å². The van der Waals surface area contributed by atoms with Gasteiger partial charge >= 0.3 is 6.18 Å². The molecule has 100 valence electrons. The molecule has 0 atom stereocenters. The predicted molar refractivity (Wildman–Crippen MR) is 66.8 cm³/mol. The fourth-order valence-electron chi connectivity index (χ4n) is 1.53. The van der Waals surface area contributed by atoms with Gasteiger partial charge < -0.3 is 4.90 Å². The number of halogens is 3. The zero-order valence-corrected chi connectivity index (χ0v) is 10.9. The van der Waals surface area contributed by atoms with Crippen molar-refractivity contribution in [2.24, 2.45) is 4.99 Å². The Morgan fingerprint density at radius 3 is 2.28 bits per heavy atom. The molecule has 1 rings (SSSR count). The fourth-order valence-corrected chi connectivity index (χ4v) is 1.53. The Balaban J connectivity index is 3.23. The lowest BCUT2D eigenvalue weighted by Crippen LogP contribution is -2.25. The normalized spacial score (nSPS) is 13.0. The molecule has 0 aliphatic carbocycles. The van der Waals surface area contributed by atoms with Crippen molar-refractivity contribution in [3.63, 3.8) is 0 Å². The maximum absolute atomic E-state index is 12.6. The van der Waals surface area contributed by atoms with Gasteiger partial charge in [0.05, 0.1) is 5.56 Å². The highest BCUT2D eigenvalue weighted by atomic mass is 19.4. The quantitative estimate of drug-likeness (QED) is 0.586. The second kappa shape index (κ2) is 5.42. The summed E-state index contributed by atoms with van der Waals surface area (Å²) in [7, 11) is 3.53. The lowest BCUT2D eigenvalue weighted by atomic mass is 10.1. The number of amidine groups is 1. The van der Waals surface area contributed by atoms with E-state index in [1.807, 2.05) is 13.8 Å². The Bertz CT molecular complexity index is 434. The molecule has 0 fully saturated rings. The first-order valence-corrected chi connectivity index (χ1v) is 5.64. The molecule has 2 nitrogen and oxygen atoms in total. The second-order valence-corrected chi connectivity index (χ2v) is 4.52. The van der Waals surface area contributed by atoms with E-state index in [2.05, 4.69) is 4.99 Å². The number of rotatable bonds is 2. The third-order valence-electron chi connectivity index (χ3n) is 2.25. The van der Waals surface area contributed by atoms with Crippen LogP contribution < -0.4 is 0 Å². The third-order valence-corrected chi connectivity index (χ3v) is 2.25. The van der Waals surface area contributed by atoms with Gasteiger partial charge in [0.15, 0.2) is 0 Å². The molecular weight excluding hydrogens is 241 g/mol. The number of alkyl halides is 3. The number of benzene rings is 1. The van der Waals surface area contributed by atoms with E-state index in [4.69, 9.17) is 0 Å². The maximum Gasteiger partial charge on any atom is 0.416 e. The summed E-state index contributed by atoms with van der Waals surface area (Å²) in [6.07, 6.45) is -4.33. The molecule has 5 heteroatoms. The molecular formula is C13H17F3N2. The number of nitrogens with zero attached hydrogens (tertiary/aromatic N) is 2. The molecule has 0 unspecified atom stereocenters. The molecule has 0 heterocycles. The Labute approximate surface area is 105 Å². The van der Waals surface area contributed by atoms with Crippen LogP contribution in [0.2, 0.25) is 0 Å². The van der Waals surface area contributed by atoms with Crippen LogP contribution in [-0.2, 0) is 6.18 Å². The van der Waals surface area contributed by atoms with Gasteiger partial charge in [-0.05, 0) is 26.0 Å². The topological polar surface area (TPSA) is 15.6 Å². The van der Waals surface area contributed by atoms with E-state index in [9.17, 15) is 13.2 Å². The van der Waals surface area contributed by atoms with Crippen molar-refractivity contribution in [3.8, 4) is 0 Å². The standard InChI is InChI=1S/C13H17F3N2/c1-9(2)17-12(18(3)4)10-6-5-7-11(8-10)13(14,15)16/h5-9H,1-4H3/b17-12-. The van der Waals surface area contributed by atoms with Crippen LogP contribution in [0.4, 0.5) is 13.2 Å². The molecule has 0 N–H and O–H groups in total. The van der Waals surface area contributed by atoms with Crippen LogP contribution in [0.15, 0.2) is 29.3 Å². The van der Waals surface area contributed by atoms with Crippen molar-refractivity contribution < 1.29 is 13.2 Å². The van der Waals surface area contributed by atoms with E-state index >= 15 is 0 Å². The van der Waals surface area contributed by atoms with Gasteiger partial charge in [0.25, 0.3) is 0 Å². The van der Waals surface area contributed by atoms with Crippen LogP contribution in [0, 0.1) is 0 Å². The van der Waals surface area contributed by atoms with Crippen LogP contribution >= 0.6 is 0 Å². The monoisotopic (exact) mass is 258 g/mol. The highest BCUT2D eigenvalue weighted by molar-refractivity contribution is 5.98. The summed E-state index contributed by atoms with van der Waals surface area (Å²) in [4.78, 5) is 6.06. The van der Waals surface area contributed by atoms with E-state index in [0.29, 0.717) is 11.4 Å². The first kappa shape index (κ1) is 14.5. The lowest BCUT2D eigenvalue weighted by Gasteiger charge is -2.18. The molecule has 0 saturated carbocycles. The van der Waals surface area contributed by atoms with Gasteiger partial charge in [-0.25, -0.2) is 0 Å². The molecule has 0 radical (unpaired) electrons. The van der Waals surface area contributed by atoms with Crippen molar-refractivity contribution in [2.45, 2.75) is 26.1 Å². The Morgan fingerprint density at radius 2 is 1.83 bits per heavy atom. The van der Waals surface area contributed by atoms with Crippen molar-refractivity contribution in [1.29, 1.82) is 0 Å². The Morgan fingerprint density at radius 1 is 1.22 bits per heavy atom. The molecule has 0 amide bonds. The molecule has 0 bridgehead atoms. The van der Waals surface area contributed by atoms with Crippen LogP contribution in [0.1, 0.15) is 25.0 Å². The smallest absolute Gasteiger partial charge is 0.363 e. The third kappa shape index (κ3) is 3.75. The minimum atomic E-state index is -4.33. The Kier molecular flexibility index (Phi) is 4.38. The average Bonchev–Trinajstić information content (AvgIpc) is 2.24. The van der Waals surface area contributed by atoms with Gasteiger partial charge in [0.2, 0.25) is 0 Å². The van der Waals surface area contributed by atoms with Gasteiger partial charge in [0, 0.05) is 25.7 Å². The highest BCUT2D eigenvalue weighted by Crippen LogP contribution is 2.29. The van der Waals surface area contributed by atoms with Gasteiger partial charge in [-0.1, -0.05) is 12.1 Å². The van der Waals surface area contributed by atoms with Crippen LogP contribution in [0.25, 0.3) is 0 Å². The minimum Gasteiger partial charge on any atom is -0.363 e. The number of aliphatic imine (C=N–C) groups is 1. The SMILES string of the molecule is CC(C)/N=C(/c1cccc(C(F)(F)F)c1)N(C)C. The van der Waals surface area contributed by atoms with Gasteiger partial charge in [0.1, 0.15) is 5.84 Å². The summed E-state index contributed by atoms with van der Waals surface area (Å²) >= 11 is 0. The van der Waals surface area contributed by atoms with Gasteiger partial charge in [-0.3, -0.25) is 4.99 Å². The first-order valence-electron chi connectivity index (χ1n) is 5.64. The molecule has 18 heavy (non-hydrogen) atoms. The molecule has 1 aromatic carbocycles. The molecule has 1 aromatic rings. The Hall–Kier alpha value is -1.52. The second-order valence-electron chi connectivity index (χ2n) is 4.52. The first-order chi connectivity index (χ1) is 8.21. The van der Waals surface area contributed by atoms with E-state index < -0.39 is 11.7 Å². The van der Waals surface area contributed by atoms with E-state index in [1.54, 1.807) is 25.1 Å². The summed E-state index contributed by atoms with van der Waals surface area (Å²) in [6.45, 7) is 3.77. The summed E-state index contributed by atoms with van der Waals surface area (Å²) in [5.41, 5.74) is -0.179. The molecule has 0 aliphatic heterocycles. The molecule has 0 spiro atoms. The average molecular weight is 258 g/mol. The van der Waals surface area contributed by atoms with Crippen LogP contribution in [0.3, 0.4) is 0 Å². The summed E-state index contributed by atoms with van der Waals surface area (Å²) in [5, 5.41) is 0. The van der Waals surface area contributed by atoms with Crippen LogP contribution in [0.5, 0.6) is 0 Å². The number of hydrogen-bond donors (Lipinski definition) is 0. The summed E-state index contributed by atoms with van der Waals surface area (Å²) in [5.74, 6) is 0.552. The highest BCUT2D eigenvalue weighted by Gasteiger charge is 2.30. The summed E-state index contributed by atoms with van der Waals surface area (Å²) < 4.78 is 37.9. The maximum atomic E-state index is 12.6. The van der Waals surface area contributed by atoms with E-state index in [-0.39, 0.29) is 6.04 Å². The molecule has 0 saturated heterocycles. The van der Waals surface area contributed by atoms with E-state index in [1.165, 1.54) is 6.07 Å². The van der Waals surface area contributed by atoms with Crippen LogP contribution in [-0.4, -0.2) is 30.9 Å². The fraction of sp³-hybridized carbons (Fsp3) is 0.462. The predicted octanol–water partition coefficient (Wildman–Crippen LogP) is 3.42. The minimum absolute atomic E-state index is 0.0249. The van der Waals surface area contributed by atoms with Gasteiger partial charge in [-0.2, -0.15) is 13.2 Å². The largest absolute Gasteiger partial charge is 0.416 e. The lowest BCUT2D eigenvalue weighted by molar-refractivity contribution is -0.137. The van der Waals surface area contributed by atoms with E-state index in [0.717, 1.165) is 12.1 Å². The van der Waals surface area contributed by atoms with Crippen molar-refractivity contribution in [2.75, 3.05) is 14.1 Å².